The second kappa shape index (κ2) is 8.80. The number of nitrogens with zero attached hydrogens (tertiary/aromatic N) is 3. The molecule has 0 aliphatic carbocycles. The summed E-state index contributed by atoms with van der Waals surface area (Å²) < 4.78 is 18.5. The van der Waals surface area contributed by atoms with Gasteiger partial charge in [-0.1, -0.05) is 18.2 Å². The van der Waals surface area contributed by atoms with E-state index in [2.05, 4.69) is 4.90 Å². The van der Waals surface area contributed by atoms with Gasteiger partial charge >= 0.3 is 0 Å². The number of pyridine rings is 1. The molecule has 2 aliphatic heterocycles. The summed E-state index contributed by atoms with van der Waals surface area (Å²) in [5.74, 6) is -0.0547. The number of amides is 1. The fourth-order valence-corrected chi connectivity index (χ4v) is 4.01. The van der Waals surface area contributed by atoms with Gasteiger partial charge in [0, 0.05) is 31.7 Å². The zero-order chi connectivity index (χ0) is 19.3. The maximum absolute atomic E-state index is 13.1. The Kier molecular flexibility index (Phi) is 5.98. The lowest BCUT2D eigenvalue weighted by Crippen LogP contribution is -2.44. The van der Waals surface area contributed by atoms with Crippen LogP contribution in [0.1, 0.15) is 35.8 Å². The Labute approximate surface area is 165 Å². The second-order valence-corrected chi connectivity index (χ2v) is 7.49. The Morgan fingerprint density at radius 1 is 1.11 bits per heavy atom. The summed E-state index contributed by atoms with van der Waals surface area (Å²) in [4.78, 5) is 21.9. The van der Waals surface area contributed by atoms with Gasteiger partial charge in [-0.05, 0) is 42.7 Å². The number of carbonyl (C=O) groups is 1. The molecule has 1 unspecified atom stereocenters. The number of likely N-dealkylation sites (tertiary alicyclic amines) is 1. The molecule has 6 heteroatoms. The van der Waals surface area contributed by atoms with E-state index in [0.29, 0.717) is 26.2 Å². The molecule has 5 nitrogen and oxygen atoms in total. The van der Waals surface area contributed by atoms with Crippen LogP contribution in [-0.4, -0.2) is 60.1 Å². The number of ether oxygens (including phenoxy) is 1. The Morgan fingerprint density at radius 3 is 2.68 bits per heavy atom. The van der Waals surface area contributed by atoms with Crippen molar-refractivity contribution in [1.82, 2.24) is 14.8 Å². The standard InChI is InChI=1S/C22H26FN3O2/c23-18-8-6-17(7-9-18)15-19-3-1-4-20(24-19)21-5-2-10-26(21)22(27)16-25-11-13-28-14-12-25/h1,3-4,6-9,21H,2,5,10-16H2. The lowest BCUT2D eigenvalue weighted by molar-refractivity contribution is -0.134. The molecular formula is C22H26FN3O2. The van der Waals surface area contributed by atoms with Crippen molar-refractivity contribution in [1.29, 1.82) is 0 Å². The van der Waals surface area contributed by atoms with E-state index in [1.807, 2.05) is 23.1 Å². The normalized spacial score (nSPS) is 20.5. The predicted molar refractivity (Wildman–Crippen MR) is 104 cm³/mol. The quantitative estimate of drug-likeness (QED) is 0.797. The van der Waals surface area contributed by atoms with E-state index in [9.17, 15) is 9.18 Å². The zero-order valence-corrected chi connectivity index (χ0v) is 16.0. The number of halogens is 1. The van der Waals surface area contributed by atoms with Crippen LogP contribution in [0.2, 0.25) is 0 Å². The highest BCUT2D eigenvalue weighted by molar-refractivity contribution is 5.79. The first kappa shape index (κ1) is 19.0. The summed E-state index contributed by atoms with van der Waals surface area (Å²) >= 11 is 0. The molecule has 2 aliphatic rings. The third kappa shape index (κ3) is 4.56. The van der Waals surface area contributed by atoms with Crippen LogP contribution in [0, 0.1) is 5.82 Å². The van der Waals surface area contributed by atoms with Gasteiger partial charge in [0.2, 0.25) is 5.91 Å². The smallest absolute Gasteiger partial charge is 0.237 e. The number of aromatic nitrogens is 1. The molecule has 0 saturated carbocycles. The van der Waals surface area contributed by atoms with Crippen molar-refractivity contribution in [2.45, 2.75) is 25.3 Å². The topological polar surface area (TPSA) is 45.7 Å². The molecule has 1 amide bonds. The highest BCUT2D eigenvalue weighted by Crippen LogP contribution is 2.31. The van der Waals surface area contributed by atoms with E-state index in [-0.39, 0.29) is 17.8 Å². The molecule has 4 rings (SSSR count). The van der Waals surface area contributed by atoms with Crippen molar-refractivity contribution in [3.8, 4) is 0 Å². The molecule has 3 heterocycles. The number of rotatable bonds is 5. The lowest BCUT2D eigenvalue weighted by atomic mass is 10.1. The molecular weight excluding hydrogens is 357 g/mol. The summed E-state index contributed by atoms with van der Waals surface area (Å²) in [6, 6.07) is 12.6. The second-order valence-electron chi connectivity index (χ2n) is 7.49. The first-order chi connectivity index (χ1) is 13.7. The Bertz CT molecular complexity index is 806. The first-order valence-electron chi connectivity index (χ1n) is 9.99. The monoisotopic (exact) mass is 383 g/mol. The largest absolute Gasteiger partial charge is 0.379 e. The third-order valence-electron chi connectivity index (χ3n) is 5.50. The lowest BCUT2D eigenvalue weighted by Gasteiger charge is -2.30. The van der Waals surface area contributed by atoms with E-state index < -0.39 is 0 Å². The average Bonchev–Trinajstić information content (AvgIpc) is 3.21. The van der Waals surface area contributed by atoms with E-state index in [4.69, 9.17) is 9.72 Å². The third-order valence-corrected chi connectivity index (χ3v) is 5.50. The van der Waals surface area contributed by atoms with Gasteiger partial charge in [-0.3, -0.25) is 14.7 Å². The van der Waals surface area contributed by atoms with E-state index >= 15 is 0 Å². The number of hydrogen-bond acceptors (Lipinski definition) is 4. The average molecular weight is 383 g/mol. The van der Waals surface area contributed by atoms with Gasteiger partial charge in [0.15, 0.2) is 0 Å². The van der Waals surface area contributed by atoms with E-state index in [0.717, 1.165) is 49.4 Å². The number of hydrogen-bond donors (Lipinski definition) is 0. The summed E-state index contributed by atoms with van der Waals surface area (Å²) in [7, 11) is 0. The SMILES string of the molecule is O=C(CN1CCOCC1)N1CCCC1c1cccc(Cc2ccc(F)cc2)n1. The molecule has 2 fully saturated rings. The van der Waals surface area contributed by atoms with Gasteiger partial charge in [-0.25, -0.2) is 4.39 Å². The minimum atomic E-state index is -0.231. The van der Waals surface area contributed by atoms with Crippen LogP contribution in [0.4, 0.5) is 4.39 Å². The maximum Gasteiger partial charge on any atom is 0.237 e. The zero-order valence-electron chi connectivity index (χ0n) is 16.0. The van der Waals surface area contributed by atoms with Crippen LogP contribution in [0.25, 0.3) is 0 Å². The number of benzene rings is 1. The maximum atomic E-state index is 13.1. The highest BCUT2D eigenvalue weighted by Gasteiger charge is 2.31. The van der Waals surface area contributed by atoms with Crippen LogP contribution in [0.15, 0.2) is 42.5 Å². The Balaban J connectivity index is 1.44. The van der Waals surface area contributed by atoms with Crippen molar-refractivity contribution in [3.05, 3.63) is 65.2 Å². The van der Waals surface area contributed by atoms with E-state index in [1.54, 1.807) is 12.1 Å². The number of morpholine rings is 1. The van der Waals surface area contributed by atoms with E-state index in [1.165, 1.54) is 12.1 Å². The molecule has 1 aromatic carbocycles. The fourth-order valence-electron chi connectivity index (χ4n) is 4.01. The van der Waals surface area contributed by atoms with Crippen molar-refractivity contribution in [2.75, 3.05) is 39.4 Å². The molecule has 148 valence electrons. The van der Waals surface area contributed by atoms with Gasteiger partial charge in [-0.2, -0.15) is 0 Å². The van der Waals surface area contributed by atoms with Gasteiger partial charge in [-0.15, -0.1) is 0 Å². The van der Waals surface area contributed by atoms with Crippen molar-refractivity contribution >= 4 is 5.91 Å². The van der Waals surface area contributed by atoms with Gasteiger partial charge < -0.3 is 9.64 Å². The van der Waals surface area contributed by atoms with Crippen LogP contribution < -0.4 is 0 Å². The molecule has 2 aromatic rings. The molecule has 0 bridgehead atoms. The number of carbonyl (C=O) groups excluding carboxylic acids is 1. The van der Waals surface area contributed by atoms with Gasteiger partial charge in [0.25, 0.3) is 0 Å². The Hall–Kier alpha value is -2.31. The summed E-state index contributed by atoms with van der Waals surface area (Å²) in [6.07, 6.45) is 2.60. The minimum absolute atomic E-state index is 0.0432. The van der Waals surface area contributed by atoms with Crippen LogP contribution >= 0.6 is 0 Å². The van der Waals surface area contributed by atoms with Crippen LogP contribution in [-0.2, 0) is 16.0 Å². The molecule has 1 atom stereocenters. The molecule has 28 heavy (non-hydrogen) atoms. The first-order valence-corrected chi connectivity index (χ1v) is 9.99. The molecule has 1 aromatic heterocycles. The van der Waals surface area contributed by atoms with Crippen molar-refractivity contribution in [2.24, 2.45) is 0 Å². The molecule has 0 radical (unpaired) electrons. The minimum Gasteiger partial charge on any atom is -0.379 e. The Morgan fingerprint density at radius 2 is 1.89 bits per heavy atom. The summed E-state index contributed by atoms with van der Waals surface area (Å²) in [5.41, 5.74) is 2.92. The van der Waals surface area contributed by atoms with Crippen molar-refractivity contribution in [3.63, 3.8) is 0 Å². The predicted octanol–water partition coefficient (Wildman–Crippen LogP) is 2.81. The van der Waals surface area contributed by atoms with Gasteiger partial charge in [0.1, 0.15) is 5.82 Å². The molecule has 0 N–H and O–H groups in total. The molecule has 2 saturated heterocycles. The van der Waals surface area contributed by atoms with Gasteiger partial charge in [0.05, 0.1) is 31.5 Å². The van der Waals surface area contributed by atoms with Crippen molar-refractivity contribution < 1.29 is 13.9 Å². The highest BCUT2D eigenvalue weighted by atomic mass is 19.1. The summed E-state index contributed by atoms with van der Waals surface area (Å²) in [5, 5.41) is 0. The van der Waals surface area contributed by atoms with Crippen LogP contribution in [0.5, 0.6) is 0 Å². The molecule has 0 spiro atoms. The summed E-state index contributed by atoms with van der Waals surface area (Å²) in [6.45, 7) is 4.27. The fraction of sp³-hybridized carbons (Fsp3) is 0.455. The van der Waals surface area contributed by atoms with Crippen LogP contribution in [0.3, 0.4) is 0 Å².